The first kappa shape index (κ1) is 20.8. The zero-order valence-electron chi connectivity index (χ0n) is 16.3. The van der Waals surface area contributed by atoms with Crippen LogP contribution in [0.15, 0.2) is 53.4 Å². The number of hydrogen-bond donors (Lipinski definition) is 2. The van der Waals surface area contributed by atoms with Crippen molar-refractivity contribution in [3.05, 3.63) is 53.6 Å². The SMILES string of the molecule is O=C(Nc1ccccc1)[C@H]1CCCN(C(=O)C[C@H]2Sc3ccc(Cl)cc3NC2=O)C1. The van der Waals surface area contributed by atoms with E-state index < -0.39 is 5.25 Å². The smallest absolute Gasteiger partial charge is 0.238 e. The van der Waals surface area contributed by atoms with Gasteiger partial charge in [-0.3, -0.25) is 14.4 Å². The van der Waals surface area contributed by atoms with Gasteiger partial charge < -0.3 is 15.5 Å². The summed E-state index contributed by atoms with van der Waals surface area (Å²) in [5, 5.41) is 5.81. The van der Waals surface area contributed by atoms with Crippen molar-refractivity contribution in [2.45, 2.75) is 29.4 Å². The first-order chi connectivity index (χ1) is 14.5. The Morgan fingerprint density at radius 2 is 2.00 bits per heavy atom. The number of amides is 3. The zero-order valence-corrected chi connectivity index (χ0v) is 17.8. The number of nitrogens with zero attached hydrogens (tertiary/aromatic N) is 1. The molecule has 1 saturated heterocycles. The summed E-state index contributed by atoms with van der Waals surface area (Å²) in [4.78, 5) is 40.6. The fraction of sp³-hybridized carbons (Fsp3) is 0.318. The summed E-state index contributed by atoms with van der Waals surface area (Å²) < 4.78 is 0. The van der Waals surface area contributed by atoms with E-state index in [0.29, 0.717) is 23.8 Å². The number of para-hydroxylation sites is 1. The van der Waals surface area contributed by atoms with Gasteiger partial charge in [-0.05, 0) is 43.2 Å². The minimum atomic E-state index is -0.496. The predicted octanol–water partition coefficient (Wildman–Crippen LogP) is 4.02. The maximum atomic E-state index is 12.9. The topological polar surface area (TPSA) is 78.5 Å². The van der Waals surface area contributed by atoms with Crippen molar-refractivity contribution in [1.29, 1.82) is 0 Å². The minimum Gasteiger partial charge on any atom is -0.342 e. The van der Waals surface area contributed by atoms with Gasteiger partial charge in [0.05, 0.1) is 16.9 Å². The molecule has 4 rings (SSSR count). The van der Waals surface area contributed by atoms with Crippen molar-refractivity contribution in [2.75, 3.05) is 23.7 Å². The number of likely N-dealkylation sites (tertiary alicyclic amines) is 1. The molecule has 0 unspecified atom stereocenters. The summed E-state index contributed by atoms with van der Waals surface area (Å²) >= 11 is 7.36. The largest absolute Gasteiger partial charge is 0.342 e. The summed E-state index contributed by atoms with van der Waals surface area (Å²) in [6, 6.07) is 14.6. The first-order valence-electron chi connectivity index (χ1n) is 9.90. The third-order valence-electron chi connectivity index (χ3n) is 5.31. The Morgan fingerprint density at radius 3 is 2.80 bits per heavy atom. The Bertz CT molecular complexity index is 969. The number of nitrogens with one attached hydrogen (secondary N) is 2. The van der Waals surface area contributed by atoms with E-state index in [0.717, 1.165) is 23.4 Å². The molecule has 0 radical (unpaired) electrons. The molecular formula is C22H22ClN3O3S. The number of rotatable bonds is 4. The van der Waals surface area contributed by atoms with Gasteiger partial charge in [-0.15, -0.1) is 11.8 Å². The van der Waals surface area contributed by atoms with Crippen LogP contribution in [0.4, 0.5) is 11.4 Å². The van der Waals surface area contributed by atoms with Gasteiger partial charge >= 0.3 is 0 Å². The van der Waals surface area contributed by atoms with E-state index >= 15 is 0 Å². The van der Waals surface area contributed by atoms with Gasteiger partial charge in [-0.2, -0.15) is 0 Å². The van der Waals surface area contributed by atoms with Gasteiger partial charge in [0.25, 0.3) is 0 Å². The molecule has 30 heavy (non-hydrogen) atoms. The monoisotopic (exact) mass is 443 g/mol. The Balaban J connectivity index is 1.36. The van der Waals surface area contributed by atoms with Crippen LogP contribution in [-0.2, 0) is 14.4 Å². The minimum absolute atomic E-state index is 0.0747. The van der Waals surface area contributed by atoms with Crippen LogP contribution in [0.25, 0.3) is 0 Å². The van der Waals surface area contributed by atoms with Crippen LogP contribution in [0.5, 0.6) is 0 Å². The van der Waals surface area contributed by atoms with E-state index in [1.807, 2.05) is 36.4 Å². The molecule has 2 aliphatic rings. The van der Waals surface area contributed by atoms with Crippen molar-refractivity contribution in [2.24, 2.45) is 5.92 Å². The van der Waals surface area contributed by atoms with Crippen LogP contribution in [0.1, 0.15) is 19.3 Å². The first-order valence-corrected chi connectivity index (χ1v) is 11.2. The van der Waals surface area contributed by atoms with E-state index in [1.165, 1.54) is 11.8 Å². The van der Waals surface area contributed by atoms with Gasteiger partial charge in [0.2, 0.25) is 17.7 Å². The molecule has 2 aliphatic heterocycles. The number of carbonyl (C=O) groups excluding carboxylic acids is 3. The van der Waals surface area contributed by atoms with Crippen molar-refractivity contribution in [3.8, 4) is 0 Å². The molecule has 0 saturated carbocycles. The Hall–Kier alpha value is -2.51. The molecule has 0 aliphatic carbocycles. The molecule has 2 aromatic carbocycles. The van der Waals surface area contributed by atoms with Crippen molar-refractivity contribution in [1.82, 2.24) is 4.90 Å². The van der Waals surface area contributed by atoms with E-state index in [-0.39, 0.29) is 30.1 Å². The molecule has 8 heteroatoms. The van der Waals surface area contributed by atoms with Crippen LogP contribution < -0.4 is 10.6 Å². The summed E-state index contributed by atoms with van der Waals surface area (Å²) in [5.41, 5.74) is 1.43. The molecule has 0 aromatic heterocycles. The summed E-state index contributed by atoms with van der Waals surface area (Å²) in [6.45, 7) is 0.988. The zero-order chi connectivity index (χ0) is 21.1. The molecule has 156 valence electrons. The third kappa shape index (κ3) is 4.79. The van der Waals surface area contributed by atoms with Crippen LogP contribution >= 0.6 is 23.4 Å². The average molecular weight is 444 g/mol. The van der Waals surface area contributed by atoms with Crippen LogP contribution in [0.2, 0.25) is 5.02 Å². The second kappa shape index (κ2) is 9.10. The highest BCUT2D eigenvalue weighted by Gasteiger charge is 2.33. The molecule has 0 bridgehead atoms. The lowest BCUT2D eigenvalue weighted by molar-refractivity contribution is -0.135. The summed E-state index contributed by atoms with van der Waals surface area (Å²) in [5.74, 6) is -0.622. The molecule has 3 amide bonds. The van der Waals surface area contributed by atoms with Gasteiger partial charge in [0.1, 0.15) is 0 Å². The highest BCUT2D eigenvalue weighted by atomic mass is 35.5. The quantitative estimate of drug-likeness (QED) is 0.748. The fourth-order valence-electron chi connectivity index (χ4n) is 3.73. The number of hydrogen-bond acceptors (Lipinski definition) is 4. The summed E-state index contributed by atoms with van der Waals surface area (Å²) in [7, 11) is 0. The maximum absolute atomic E-state index is 12.9. The second-order valence-electron chi connectivity index (χ2n) is 7.47. The molecule has 2 heterocycles. The fourth-order valence-corrected chi connectivity index (χ4v) is 4.98. The molecule has 2 aromatic rings. The lowest BCUT2D eigenvalue weighted by Gasteiger charge is -2.33. The molecule has 2 atom stereocenters. The lowest BCUT2D eigenvalue weighted by atomic mass is 9.96. The Morgan fingerprint density at radius 1 is 1.20 bits per heavy atom. The van der Waals surface area contributed by atoms with Crippen molar-refractivity contribution < 1.29 is 14.4 Å². The molecule has 0 spiro atoms. The number of anilines is 2. The van der Waals surface area contributed by atoms with Gasteiger partial charge in [-0.1, -0.05) is 29.8 Å². The molecule has 6 nitrogen and oxygen atoms in total. The highest BCUT2D eigenvalue weighted by Crippen LogP contribution is 2.38. The maximum Gasteiger partial charge on any atom is 0.238 e. The van der Waals surface area contributed by atoms with Crippen molar-refractivity contribution in [3.63, 3.8) is 0 Å². The van der Waals surface area contributed by atoms with Crippen LogP contribution in [0, 0.1) is 5.92 Å². The van der Waals surface area contributed by atoms with Gasteiger partial charge in [0.15, 0.2) is 0 Å². The number of benzene rings is 2. The average Bonchev–Trinajstić information content (AvgIpc) is 2.75. The van der Waals surface area contributed by atoms with E-state index in [1.54, 1.807) is 17.0 Å². The Kier molecular flexibility index (Phi) is 6.29. The van der Waals surface area contributed by atoms with Crippen LogP contribution in [-0.4, -0.2) is 41.0 Å². The van der Waals surface area contributed by atoms with Gasteiger partial charge in [-0.25, -0.2) is 0 Å². The third-order valence-corrected chi connectivity index (χ3v) is 6.82. The second-order valence-corrected chi connectivity index (χ2v) is 9.16. The number of carbonyl (C=O) groups is 3. The van der Waals surface area contributed by atoms with Crippen molar-refractivity contribution >= 4 is 52.5 Å². The standard InChI is InChI=1S/C22H22ClN3O3S/c23-15-8-9-18-17(11-15)25-22(29)19(30-18)12-20(27)26-10-4-5-14(13-26)21(28)24-16-6-2-1-3-7-16/h1-3,6-9,11,14,19H,4-5,10,12-13H2,(H,24,28)(H,25,29)/t14-,19+/m0/s1. The van der Waals surface area contributed by atoms with E-state index in [2.05, 4.69) is 10.6 Å². The normalized spacial score (nSPS) is 20.8. The molecule has 1 fully saturated rings. The number of halogens is 1. The molecule has 2 N–H and O–H groups in total. The van der Waals surface area contributed by atoms with E-state index in [4.69, 9.17) is 11.6 Å². The number of thioether (sulfide) groups is 1. The van der Waals surface area contributed by atoms with E-state index in [9.17, 15) is 14.4 Å². The lowest BCUT2D eigenvalue weighted by Crippen LogP contribution is -2.45. The number of piperidine rings is 1. The predicted molar refractivity (Wildman–Crippen MR) is 119 cm³/mol. The van der Waals surface area contributed by atoms with Gasteiger partial charge in [0, 0.05) is 35.1 Å². The highest BCUT2D eigenvalue weighted by molar-refractivity contribution is 8.01. The Labute approximate surface area is 184 Å². The molecular weight excluding hydrogens is 422 g/mol. The summed E-state index contributed by atoms with van der Waals surface area (Å²) in [6.07, 6.45) is 1.62. The number of fused-ring (bicyclic) bond motifs is 1. The van der Waals surface area contributed by atoms with Crippen LogP contribution in [0.3, 0.4) is 0 Å².